The Hall–Kier alpha value is -2.11. The number of carbonyl (C=O) groups excluding carboxylic acids is 2. The second-order valence-electron chi connectivity index (χ2n) is 6.01. The Bertz CT molecular complexity index is 553. The first-order chi connectivity index (χ1) is 10.6. The molecule has 0 aliphatic carbocycles. The molecular formula is C16H20FN3O2. The smallest absolute Gasteiger partial charge is 0.315 e. The van der Waals surface area contributed by atoms with Gasteiger partial charge in [0, 0.05) is 19.6 Å². The Morgan fingerprint density at radius 3 is 2.50 bits per heavy atom. The molecule has 2 heterocycles. The number of nitrogens with one attached hydrogen (secondary N) is 2. The normalized spacial score (nSPS) is 22.3. The van der Waals surface area contributed by atoms with Crippen LogP contribution < -0.4 is 10.6 Å². The molecule has 1 atom stereocenters. The van der Waals surface area contributed by atoms with Gasteiger partial charge in [-0.15, -0.1) is 0 Å². The molecule has 2 fully saturated rings. The number of urea groups is 1. The second kappa shape index (κ2) is 6.34. The summed E-state index contributed by atoms with van der Waals surface area (Å²) >= 11 is 0. The molecule has 0 bridgehead atoms. The van der Waals surface area contributed by atoms with E-state index >= 15 is 0 Å². The van der Waals surface area contributed by atoms with Gasteiger partial charge in [-0.2, -0.15) is 0 Å². The highest BCUT2D eigenvalue weighted by molar-refractivity contribution is 5.90. The summed E-state index contributed by atoms with van der Waals surface area (Å²) in [6.07, 6.45) is 2.80. The van der Waals surface area contributed by atoms with Crippen molar-refractivity contribution in [3.8, 4) is 0 Å². The highest BCUT2D eigenvalue weighted by Gasteiger charge is 2.32. The van der Waals surface area contributed by atoms with Gasteiger partial charge in [-0.25, -0.2) is 9.18 Å². The van der Waals surface area contributed by atoms with E-state index in [1.807, 2.05) is 17.0 Å². The Morgan fingerprint density at radius 2 is 1.91 bits per heavy atom. The zero-order valence-electron chi connectivity index (χ0n) is 12.3. The van der Waals surface area contributed by atoms with Gasteiger partial charge in [0.1, 0.15) is 11.9 Å². The molecule has 5 nitrogen and oxygen atoms in total. The van der Waals surface area contributed by atoms with Crippen molar-refractivity contribution in [2.75, 3.05) is 19.6 Å². The fourth-order valence-corrected chi connectivity index (χ4v) is 3.14. The van der Waals surface area contributed by atoms with Gasteiger partial charge in [-0.1, -0.05) is 12.1 Å². The summed E-state index contributed by atoms with van der Waals surface area (Å²) in [5, 5.41) is 5.24. The zero-order chi connectivity index (χ0) is 15.5. The molecule has 0 aromatic heterocycles. The standard InChI is InChI=1S/C16H20FN3O2/c17-13-3-1-11(2-4-13)9-12-5-7-20(8-6-12)15(21)14-10-18-16(22)19-14/h1-4,12,14H,5-10H2,(H2,18,19,22)/t14-/m0/s1. The topological polar surface area (TPSA) is 61.4 Å². The van der Waals surface area contributed by atoms with Crippen LogP contribution in [-0.2, 0) is 11.2 Å². The van der Waals surface area contributed by atoms with E-state index in [0.717, 1.165) is 37.9 Å². The number of hydrogen-bond donors (Lipinski definition) is 2. The van der Waals surface area contributed by atoms with Crippen molar-refractivity contribution < 1.29 is 14.0 Å². The van der Waals surface area contributed by atoms with Gasteiger partial charge in [0.05, 0.1) is 0 Å². The summed E-state index contributed by atoms with van der Waals surface area (Å²) in [4.78, 5) is 25.2. The van der Waals surface area contributed by atoms with Crippen LogP contribution in [0.5, 0.6) is 0 Å². The van der Waals surface area contributed by atoms with Crippen LogP contribution in [0.25, 0.3) is 0 Å². The minimum absolute atomic E-state index is 0.00131. The first-order valence-electron chi connectivity index (χ1n) is 7.69. The lowest BCUT2D eigenvalue weighted by atomic mass is 9.90. The van der Waals surface area contributed by atoms with Crippen molar-refractivity contribution in [3.05, 3.63) is 35.6 Å². The van der Waals surface area contributed by atoms with Crippen LogP contribution in [-0.4, -0.2) is 42.5 Å². The molecule has 3 rings (SSSR count). The minimum Gasteiger partial charge on any atom is -0.341 e. The molecule has 2 aliphatic heterocycles. The number of nitrogens with zero attached hydrogens (tertiary/aromatic N) is 1. The molecule has 0 radical (unpaired) electrons. The molecule has 2 N–H and O–H groups in total. The Morgan fingerprint density at radius 1 is 1.23 bits per heavy atom. The zero-order valence-corrected chi connectivity index (χ0v) is 12.3. The van der Waals surface area contributed by atoms with Gasteiger partial charge in [-0.05, 0) is 42.9 Å². The molecule has 118 valence electrons. The van der Waals surface area contributed by atoms with Crippen molar-refractivity contribution in [1.29, 1.82) is 0 Å². The number of rotatable bonds is 3. The van der Waals surface area contributed by atoms with Crippen molar-refractivity contribution in [2.45, 2.75) is 25.3 Å². The quantitative estimate of drug-likeness (QED) is 0.884. The average molecular weight is 305 g/mol. The lowest BCUT2D eigenvalue weighted by Gasteiger charge is -2.33. The third-order valence-corrected chi connectivity index (χ3v) is 4.43. The third kappa shape index (κ3) is 3.37. The van der Waals surface area contributed by atoms with Crippen LogP contribution in [0.3, 0.4) is 0 Å². The summed E-state index contributed by atoms with van der Waals surface area (Å²) in [5.74, 6) is 0.306. The van der Waals surface area contributed by atoms with Gasteiger partial charge in [0.2, 0.25) is 5.91 Å². The maximum atomic E-state index is 12.9. The summed E-state index contributed by atoms with van der Waals surface area (Å²) < 4.78 is 12.9. The van der Waals surface area contributed by atoms with Crippen LogP contribution in [0.1, 0.15) is 18.4 Å². The first kappa shape index (κ1) is 14.8. The van der Waals surface area contributed by atoms with E-state index in [9.17, 15) is 14.0 Å². The Labute approximate surface area is 128 Å². The highest BCUT2D eigenvalue weighted by atomic mass is 19.1. The molecule has 1 aromatic rings. The van der Waals surface area contributed by atoms with Crippen molar-refractivity contribution >= 4 is 11.9 Å². The second-order valence-corrected chi connectivity index (χ2v) is 6.01. The molecule has 2 aliphatic rings. The highest BCUT2D eigenvalue weighted by Crippen LogP contribution is 2.22. The van der Waals surface area contributed by atoms with Gasteiger partial charge in [0.15, 0.2) is 0 Å². The number of carbonyl (C=O) groups is 2. The SMILES string of the molecule is O=C1NC[C@@H](C(=O)N2CCC(Cc3ccc(F)cc3)CC2)N1. The maximum absolute atomic E-state index is 12.9. The number of likely N-dealkylation sites (tertiary alicyclic amines) is 1. The third-order valence-electron chi connectivity index (χ3n) is 4.43. The van der Waals surface area contributed by atoms with Crippen LogP contribution >= 0.6 is 0 Å². The van der Waals surface area contributed by atoms with Crippen LogP contribution in [0, 0.1) is 11.7 Å². The molecule has 0 spiro atoms. The van der Waals surface area contributed by atoms with Gasteiger partial charge >= 0.3 is 6.03 Å². The van der Waals surface area contributed by atoms with Crippen molar-refractivity contribution in [2.24, 2.45) is 5.92 Å². The van der Waals surface area contributed by atoms with Crippen LogP contribution in [0.2, 0.25) is 0 Å². The predicted octanol–water partition coefficient (Wildman–Crippen LogP) is 1.29. The van der Waals surface area contributed by atoms with E-state index in [2.05, 4.69) is 10.6 Å². The molecule has 3 amide bonds. The molecule has 2 saturated heterocycles. The molecule has 6 heteroatoms. The molecular weight excluding hydrogens is 285 g/mol. The molecule has 0 saturated carbocycles. The fourth-order valence-electron chi connectivity index (χ4n) is 3.14. The van der Waals surface area contributed by atoms with E-state index in [1.165, 1.54) is 12.1 Å². The van der Waals surface area contributed by atoms with E-state index in [1.54, 1.807) is 0 Å². The van der Waals surface area contributed by atoms with Gasteiger partial charge in [0.25, 0.3) is 0 Å². The number of hydrogen-bond acceptors (Lipinski definition) is 2. The number of halogens is 1. The average Bonchev–Trinajstić information content (AvgIpc) is 2.96. The lowest BCUT2D eigenvalue weighted by Crippen LogP contribution is -2.48. The van der Waals surface area contributed by atoms with Crippen molar-refractivity contribution in [1.82, 2.24) is 15.5 Å². The number of piperidine rings is 1. The first-order valence-corrected chi connectivity index (χ1v) is 7.69. The lowest BCUT2D eigenvalue weighted by molar-refractivity contribution is -0.134. The van der Waals surface area contributed by atoms with Gasteiger partial charge in [-0.3, -0.25) is 4.79 Å². The van der Waals surface area contributed by atoms with E-state index in [4.69, 9.17) is 0 Å². The maximum Gasteiger partial charge on any atom is 0.315 e. The largest absolute Gasteiger partial charge is 0.341 e. The summed E-state index contributed by atoms with van der Waals surface area (Å²) in [5.41, 5.74) is 1.14. The summed E-state index contributed by atoms with van der Waals surface area (Å²) in [6, 6.07) is 5.93. The summed E-state index contributed by atoms with van der Waals surface area (Å²) in [6.45, 7) is 1.81. The number of benzene rings is 1. The monoisotopic (exact) mass is 305 g/mol. The van der Waals surface area contributed by atoms with Gasteiger partial charge < -0.3 is 15.5 Å². The molecule has 0 unspecified atom stereocenters. The Balaban J connectivity index is 1.48. The van der Waals surface area contributed by atoms with E-state index < -0.39 is 6.04 Å². The van der Waals surface area contributed by atoms with Crippen LogP contribution in [0.15, 0.2) is 24.3 Å². The van der Waals surface area contributed by atoms with E-state index in [-0.39, 0.29) is 17.8 Å². The summed E-state index contributed by atoms with van der Waals surface area (Å²) in [7, 11) is 0. The van der Waals surface area contributed by atoms with Crippen molar-refractivity contribution in [3.63, 3.8) is 0 Å². The van der Waals surface area contributed by atoms with Crippen LogP contribution in [0.4, 0.5) is 9.18 Å². The predicted molar refractivity (Wildman–Crippen MR) is 79.7 cm³/mol. The van der Waals surface area contributed by atoms with E-state index in [0.29, 0.717) is 12.5 Å². The minimum atomic E-state index is -0.429. The molecule has 1 aromatic carbocycles. The fraction of sp³-hybridized carbons (Fsp3) is 0.500. The molecule has 22 heavy (non-hydrogen) atoms. The Kier molecular flexibility index (Phi) is 4.27. The number of amides is 3.